The van der Waals surface area contributed by atoms with Gasteiger partial charge in [0.05, 0.1) is 12.2 Å². The number of carboxylic acid groups (broad SMARTS) is 1. The maximum atomic E-state index is 11.4. The average Bonchev–Trinajstić information content (AvgIpc) is 3.08. The van der Waals surface area contributed by atoms with Crippen LogP contribution in [0.5, 0.6) is 0 Å². The monoisotopic (exact) mass is 271 g/mol. The summed E-state index contributed by atoms with van der Waals surface area (Å²) >= 11 is 0. The molecule has 0 aliphatic carbocycles. The van der Waals surface area contributed by atoms with Gasteiger partial charge >= 0.3 is 5.97 Å². The van der Waals surface area contributed by atoms with Crippen LogP contribution >= 0.6 is 0 Å². The van der Waals surface area contributed by atoms with Gasteiger partial charge in [0.1, 0.15) is 5.76 Å². The summed E-state index contributed by atoms with van der Waals surface area (Å²) in [5.41, 5.74) is 1.21. The number of furan rings is 1. The number of likely N-dealkylation sites (tertiary alicyclic amines) is 1. The first-order chi connectivity index (χ1) is 9.74. The molecule has 0 amide bonds. The number of carbonyl (C=O) groups is 1. The highest BCUT2D eigenvalue weighted by Crippen LogP contribution is 2.33. The third-order valence-electron chi connectivity index (χ3n) is 3.87. The van der Waals surface area contributed by atoms with E-state index in [-0.39, 0.29) is 5.92 Å². The minimum absolute atomic E-state index is 0.0637. The fourth-order valence-corrected chi connectivity index (χ4v) is 2.90. The van der Waals surface area contributed by atoms with E-state index in [0.717, 1.165) is 18.8 Å². The highest BCUT2D eigenvalue weighted by molar-refractivity contribution is 5.72. The molecule has 1 aromatic carbocycles. The second kappa shape index (κ2) is 5.51. The summed E-state index contributed by atoms with van der Waals surface area (Å²) in [5, 5.41) is 9.40. The Morgan fingerprint density at radius 3 is 2.65 bits per heavy atom. The number of carboxylic acids is 1. The third-order valence-corrected chi connectivity index (χ3v) is 3.87. The first kappa shape index (κ1) is 12.9. The van der Waals surface area contributed by atoms with Crippen LogP contribution in [-0.2, 0) is 11.3 Å². The Morgan fingerprint density at radius 2 is 2.00 bits per heavy atom. The fraction of sp³-hybridized carbons (Fsp3) is 0.312. The fourth-order valence-electron chi connectivity index (χ4n) is 2.90. The van der Waals surface area contributed by atoms with Crippen LogP contribution in [0.15, 0.2) is 53.1 Å². The van der Waals surface area contributed by atoms with E-state index in [0.29, 0.717) is 6.54 Å². The lowest BCUT2D eigenvalue weighted by atomic mass is 9.94. The van der Waals surface area contributed by atoms with E-state index in [4.69, 9.17) is 4.42 Å². The molecule has 1 fully saturated rings. The van der Waals surface area contributed by atoms with E-state index in [1.54, 1.807) is 6.26 Å². The van der Waals surface area contributed by atoms with Crippen LogP contribution in [0.3, 0.4) is 0 Å². The SMILES string of the molecule is O=C(O)C1CN(Cc2ccccc2)CC1c1ccco1. The molecule has 1 aliphatic rings. The summed E-state index contributed by atoms with van der Waals surface area (Å²) in [4.78, 5) is 13.6. The topological polar surface area (TPSA) is 53.7 Å². The molecule has 1 N–H and O–H groups in total. The Balaban J connectivity index is 1.75. The Bertz CT molecular complexity index is 565. The molecule has 1 aliphatic heterocycles. The second-order valence-corrected chi connectivity index (χ2v) is 5.25. The van der Waals surface area contributed by atoms with Crippen LogP contribution < -0.4 is 0 Å². The highest BCUT2D eigenvalue weighted by Gasteiger charge is 2.39. The zero-order chi connectivity index (χ0) is 13.9. The van der Waals surface area contributed by atoms with E-state index in [2.05, 4.69) is 17.0 Å². The molecule has 0 bridgehead atoms. The highest BCUT2D eigenvalue weighted by atomic mass is 16.4. The van der Waals surface area contributed by atoms with Crippen molar-refractivity contribution in [3.63, 3.8) is 0 Å². The standard InChI is InChI=1S/C16H17NO3/c18-16(19)14-11-17(9-12-5-2-1-3-6-12)10-13(14)15-7-4-8-20-15/h1-8,13-14H,9-11H2,(H,18,19). The minimum Gasteiger partial charge on any atom is -0.481 e. The second-order valence-electron chi connectivity index (χ2n) is 5.25. The van der Waals surface area contributed by atoms with Crippen molar-refractivity contribution in [2.75, 3.05) is 13.1 Å². The van der Waals surface area contributed by atoms with Gasteiger partial charge in [-0.05, 0) is 17.7 Å². The van der Waals surface area contributed by atoms with Crippen molar-refractivity contribution in [3.05, 3.63) is 60.1 Å². The molecule has 2 aromatic rings. The number of rotatable bonds is 4. The van der Waals surface area contributed by atoms with Gasteiger partial charge in [-0.3, -0.25) is 9.69 Å². The Kier molecular flexibility index (Phi) is 3.56. The molecule has 1 aromatic heterocycles. The predicted octanol–water partition coefficient (Wildman–Crippen LogP) is 2.58. The molecule has 3 rings (SSSR count). The quantitative estimate of drug-likeness (QED) is 0.928. The van der Waals surface area contributed by atoms with E-state index >= 15 is 0 Å². The number of hydrogen-bond donors (Lipinski definition) is 1. The Morgan fingerprint density at radius 1 is 1.20 bits per heavy atom. The van der Waals surface area contributed by atoms with E-state index in [1.807, 2.05) is 30.3 Å². The van der Waals surface area contributed by atoms with Gasteiger partial charge in [0.15, 0.2) is 0 Å². The first-order valence-electron chi connectivity index (χ1n) is 6.76. The van der Waals surface area contributed by atoms with Crippen molar-refractivity contribution in [3.8, 4) is 0 Å². The molecule has 2 atom stereocenters. The smallest absolute Gasteiger partial charge is 0.308 e. The molecule has 20 heavy (non-hydrogen) atoms. The largest absolute Gasteiger partial charge is 0.481 e. The molecular weight excluding hydrogens is 254 g/mol. The van der Waals surface area contributed by atoms with Gasteiger partial charge in [-0.2, -0.15) is 0 Å². The molecular formula is C16H17NO3. The van der Waals surface area contributed by atoms with Gasteiger partial charge in [0.25, 0.3) is 0 Å². The van der Waals surface area contributed by atoms with Crippen molar-refractivity contribution in [2.24, 2.45) is 5.92 Å². The Hall–Kier alpha value is -2.07. The zero-order valence-electron chi connectivity index (χ0n) is 11.1. The molecule has 2 heterocycles. The number of nitrogens with zero attached hydrogens (tertiary/aromatic N) is 1. The van der Waals surface area contributed by atoms with Gasteiger partial charge < -0.3 is 9.52 Å². The number of benzene rings is 1. The van der Waals surface area contributed by atoms with Crippen molar-refractivity contribution in [1.82, 2.24) is 4.90 Å². The van der Waals surface area contributed by atoms with Gasteiger partial charge in [-0.15, -0.1) is 0 Å². The molecule has 2 unspecified atom stereocenters. The maximum absolute atomic E-state index is 11.4. The summed E-state index contributed by atoms with van der Waals surface area (Å²) < 4.78 is 5.41. The third kappa shape index (κ3) is 2.60. The van der Waals surface area contributed by atoms with Crippen LogP contribution in [-0.4, -0.2) is 29.1 Å². The van der Waals surface area contributed by atoms with Gasteiger partial charge in [0, 0.05) is 25.6 Å². The van der Waals surface area contributed by atoms with E-state index in [9.17, 15) is 9.90 Å². The number of aliphatic carboxylic acids is 1. The van der Waals surface area contributed by atoms with E-state index < -0.39 is 11.9 Å². The maximum Gasteiger partial charge on any atom is 0.308 e. The normalized spacial score (nSPS) is 23.0. The average molecular weight is 271 g/mol. The summed E-state index contributed by atoms with van der Waals surface area (Å²) in [6.45, 7) is 2.07. The number of hydrogen-bond acceptors (Lipinski definition) is 3. The first-order valence-corrected chi connectivity index (χ1v) is 6.76. The summed E-state index contributed by atoms with van der Waals surface area (Å²) in [5.74, 6) is -0.439. The summed E-state index contributed by atoms with van der Waals surface area (Å²) in [6, 6.07) is 13.8. The van der Waals surface area contributed by atoms with Crippen molar-refractivity contribution >= 4 is 5.97 Å². The molecule has 4 nitrogen and oxygen atoms in total. The minimum atomic E-state index is -0.748. The van der Waals surface area contributed by atoms with Crippen LogP contribution in [0.2, 0.25) is 0 Å². The van der Waals surface area contributed by atoms with Crippen LogP contribution in [0.25, 0.3) is 0 Å². The van der Waals surface area contributed by atoms with Gasteiger partial charge in [-0.25, -0.2) is 0 Å². The molecule has 0 saturated carbocycles. The zero-order valence-corrected chi connectivity index (χ0v) is 11.1. The van der Waals surface area contributed by atoms with Crippen molar-refractivity contribution in [1.29, 1.82) is 0 Å². The van der Waals surface area contributed by atoms with Crippen LogP contribution in [0.1, 0.15) is 17.2 Å². The summed E-state index contributed by atoms with van der Waals surface area (Å²) in [7, 11) is 0. The lowest BCUT2D eigenvalue weighted by Gasteiger charge is -2.15. The molecule has 4 heteroatoms. The lowest BCUT2D eigenvalue weighted by molar-refractivity contribution is -0.141. The molecule has 1 saturated heterocycles. The predicted molar refractivity (Wildman–Crippen MR) is 74.3 cm³/mol. The molecule has 0 spiro atoms. The van der Waals surface area contributed by atoms with Crippen LogP contribution in [0, 0.1) is 5.92 Å². The van der Waals surface area contributed by atoms with Crippen molar-refractivity contribution < 1.29 is 14.3 Å². The lowest BCUT2D eigenvalue weighted by Crippen LogP contribution is -2.23. The molecule has 104 valence electrons. The van der Waals surface area contributed by atoms with Crippen molar-refractivity contribution in [2.45, 2.75) is 12.5 Å². The summed E-state index contributed by atoms with van der Waals surface area (Å²) in [6.07, 6.45) is 1.61. The molecule has 0 radical (unpaired) electrons. The van der Waals surface area contributed by atoms with Gasteiger partial charge in [-0.1, -0.05) is 30.3 Å². The van der Waals surface area contributed by atoms with Gasteiger partial charge in [0.2, 0.25) is 0 Å². The Labute approximate surface area is 117 Å². The van der Waals surface area contributed by atoms with E-state index in [1.165, 1.54) is 5.56 Å². The van der Waals surface area contributed by atoms with Crippen LogP contribution in [0.4, 0.5) is 0 Å².